The highest BCUT2D eigenvalue weighted by molar-refractivity contribution is 5.77. The third-order valence-electron chi connectivity index (χ3n) is 4.44. The lowest BCUT2D eigenvalue weighted by Crippen LogP contribution is -2.11. The molecule has 2 aromatic rings. The maximum Gasteiger partial charge on any atom is -0.00132 e. The summed E-state index contributed by atoms with van der Waals surface area (Å²) in [5.41, 5.74) is 8.98. The van der Waals surface area contributed by atoms with Crippen molar-refractivity contribution in [3.05, 3.63) is 58.7 Å². The summed E-state index contributed by atoms with van der Waals surface area (Å²) in [6.45, 7) is 11.4. The highest BCUT2D eigenvalue weighted by Gasteiger charge is 2.22. The molecule has 0 saturated carbocycles. The van der Waals surface area contributed by atoms with Gasteiger partial charge in [-0.15, -0.1) is 0 Å². The molecule has 0 saturated heterocycles. The highest BCUT2D eigenvalue weighted by atomic mass is 14.3. The largest absolute Gasteiger partial charge is 0.0587 e. The van der Waals surface area contributed by atoms with E-state index in [1.165, 1.54) is 33.4 Å². The van der Waals surface area contributed by atoms with E-state index in [2.05, 4.69) is 71.0 Å². The van der Waals surface area contributed by atoms with E-state index in [0.29, 0.717) is 5.92 Å². The van der Waals surface area contributed by atoms with Crippen LogP contribution in [0.2, 0.25) is 0 Å². The highest BCUT2D eigenvalue weighted by Crippen LogP contribution is 2.39. The van der Waals surface area contributed by atoms with E-state index in [1.807, 2.05) is 0 Å². The fourth-order valence-corrected chi connectivity index (χ4v) is 3.06. The molecule has 0 atom stereocenters. The van der Waals surface area contributed by atoms with Crippen LogP contribution in [0.3, 0.4) is 0 Å². The van der Waals surface area contributed by atoms with Gasteiger partial charge in [0.05, 0.1) is 0 Å². The molecule has 0 heteroatoms. The molecule has 0 fully saturated rings. The summed E-state index contributed by atoms with van der Waals surface area (Å²) < 4.78 is 0. The van der Waals surface area contributed by atoms with Crippen LogP contribution in [0.5, 0.6) is 0 Å². The Morgan fingerprint density at radius 1 is 0.850 bits per heavy atom. The molecule has 104 valence electrons. The third kappa shape index (κ3) is 2.18. The van der Waals surface area contributed by atoms with E-state index >= 15 is 0 Å². The van der Waals surface area contributed by atoms with Gasteiger partial charge in [0.25, 0.3) is 0 Å². The van der Waals surface area contributed by atoms with Gasteiger partial charge in [0, 0.05) is 0 Å². The molecule has 0 amide bonds. The number of rotatable bonds is 1. The van der Waals surface area contributed by atoms with Crippen LogP contribution in [0, 0.1) is 0 Å². The minimum atomic E-state index is 0.229. The van der Waals surface area contributed by atoms with Gasteiger partial charge in [0.15, 0.2) is 0 Å². The first-order chi connectivity index (χ1) is 9.36. The van der Waals surface area contributed by atoms with Crippen LogP contribution in [0.4, 0.5) is 0 Å². The molecule has 1 aliphatic rings. The summed E-state index contributed by atoms with van der Waals surface area (Å²) in [7, 11) is 0. The predicted octanol–water partition coefficient (Wildman–Crippen LogP) is 5.68. The van der Waals surface area contributed by atoms with Gasteiger partial charge in [-0.3, -0.25) is 0 Å². The lowest BCUT2D eigenvalue weighted by atomic mass is 9.85. The quantitative estimate of drug-likeness (QED) is 0.530. The van der Waals surface area contributed by atoms with E-state index in [4.69, 9.17) is 0 Å². The smallest absolute Gasteiger partial charge is 0.00132 e. The topological polar surface area (TPSA) is 0 Å². The molecule has 0 N–H and O–H groups in total. The summed E-state index contributed by atoms with van der Waals surface area (Å²) in [5, 5.41) is 0. The fourth-order valence-electron chi connectivity index (χ4n) is 3.06. The van der Waals surface area contributed by atoms with Crippen LogP contribution < -0.4 is 0 Å². The van der Waals surface area contributed by atoms with Gasteiger partial charge in [-0.2, -0.15) is 0 Å². The second-order valence-corrected chi connectivity index (χ2v) is 7.37. The molecule has 0 spiro atoms. The molecule has 1 aliphatic carbocycles. The van der Waals surface area contributed by atoms with Crippen LogP contribution in [-0.4, -0.2) is 0 Å². The number of benzene rings is 2. The van der Waals surface area contributed by atoms with E-state index in [0.717, 1.165) is 6.42 Å². The first kappa shape index (κ1) is 13.4. The Balaban J connectivity index is 2.05. The minimum absolute atomic E-state index is 0.229. The Hall–Kier alpha value is -1.56. The van der Waals surface area contributed by atoms with Crippen LogP contribution in [0.15, 0.2) is 36.4 Å². The Bertz CT molecular complexity index is 654. The second kappa shape index (κ2) is 4.48. The van der Waals surface area contributed by atoms with Crippen molar-refractivity contribution in [2.24, 2.45) is 0 Å². The zero-order valence-electron chi connectivity index (χ0n) is 13.2. The number of hydrogen-bond acceptors (Lipinski definition) is 0. The summed E-state index contributed by atoms with van der Waals surface area (Å²) in [4.78, 5) is 0. The van der Waals surface area contributed by atoms with Gasteiger partial charge in [-0.25, -0.2) is 0 Å². The lowest BCUT2D eigenvalue weighted by molar-refractivity contribution is 0.590. The van der Waals surface area contributed by atoms with Gasteiger partial charge in [0.2, 0.25) is 0 Å². The molecule has 0 heterocycles. The zero-order chi connectivity index (χ0) is 14.5. The lowest BCUT2D eigenvalue weighted by Gasteiger charge is -2.20. The maximum absolute atomic E-state index is 2.41. The summed E-state index contributed by atoms with van der Waals surface area (Å²) in [5.74, 6) is 0.606. The molecule has 20 heavy (non-hydrogen) atoms. The normalized spacial score (nSPS) is 13.5. The van der Waals surface area contributed by atoms with Crippen LogP contribution in [-0.2, 0) is 11.8 Å². The van der Waals surface area contributed by atoms with Crippen molar-refractivity contribution in [3.8, 4) is 11.1 Å². The van der Waals surface area contributed by atoms with Gasteiger partial charge >= 0.3 is 0 Å². The Morgan fingerprint density at radius 3 is 2.05 bits per heavy atom. The van der Waals surface area contributed by atoms with Crippen molar-refractivity contribution >= 4 is 0 Å². The first-order valence-electron chi connectivity index (χ1n) is 7.63. The molecular weight excluding hydrogens is 240 g/mol. The Kier molecular flexibility index (Phi) is 3.01. The minimum Gasteiger partial charge on any atom is -0.0587 e. The first-order valence-corrected chi connectivity index (χ1v) is 7.63. The molecule has 0 bridgehead atoms. The Labute approximate surface area is 122 Å². The summed E-state index contributed by atoms with van der Waals surface area (Å²) in [6.07, 6.45) is 1.09. The van der Waals surface area contributed by atoms with Crippen molar-refractivity contribution in [2.45, 2.75) is 52.4 Å². The molecule has 3 rings (SSSR count). The molecule has 0 aliphatic heterocycles. The van der Waals surface area contributed by atoms with E-state index in [9.17, 15) is 0 Å². The monoisotopic (exact) mass is 264 g/mol. The van der Waals surface area contributed by atoms with E-state index < -0.39 is 0 Å². The zero-order valence-corrected chi connectivity index (χ0v) is 13.2. The third-order valence-corrected chi connectivity index (χ3v) is 4.44. The average Bonchev–Trinajstić information content (AvgIpc) is 2.73. The van der Waals surface area contributed by atoms with Gasteiger partial charge in [-0.05, 0) is 51.1 Å². The molecule has 0 radical (unpaired) electrons. The van der Waals surface area contributed by atoms with Crippen molar-refractivity contribution in [1.82, 2.24) is 0 Å². The van der Waals surface area contributed by atoms with Crippen molar-refractivity contribution in [2.75, 3.05) is 0 Å². The Morgan fingerprint density at radius 2 is 1.45 bits per heavy atom. The van der Waals surface area contributed by atoms with Crippen LogP contribution in [0.25, 0.3) is 11.1 Å². The van der Waals surface area contributed by atoms with Gasteiger partial charge in [-0.1, -0.05) is 71.0 Å². The molecule has 2 aromatic carbocycles. The van der Waals surface area contributed by atoms with Crippen molar-refractivity contribution < 1.29 is 0 Å². The fraction of sp³-hybridized carbons (Fsp3) is 0.400. The molecular formula is C20H24. The standard InChI is InChI=1S/C20H24/c1-13(2)14-6-8-18-15(10-14)11-16-12-17(20(3,4)5)7-9-19(16)18/h6-10,12-13H,11H2,1-5H3. The predicted molar refractivity (Wildman–Crippen MR) is 87.5 cm³/mol. The molecule has 0 aromatic heterocycles. The van der Waals surface area contributed by atoms with E-state index in [-0.39, 0.29) is 5.41 Å². The van der Waals surface area contributed by atoms with Gasteiger partial charge < -0.3 is 0 Å². The van der Waals surface area contributed by atoms with E-state index in [1.54, 1.807) is 0 Å². The molecule has 0 unspecified atom stereocenters. The second-order valence-electron chi connectivity index (χ2n) is 7.37. The number of hydrogen-bond donors (Lipinski definition) is 0. The van der Waals surface area contributed by atoms with Gasteiger partial charge in [0.1, 0.15) is 0 Å². The SMILES string of the molecule is CC(C)c1ccc2c(c1)Cc1cc(C(C)(C)C)ccc1-2. The average molecular weight is 264 g/mol. The van der Waals surface area contributed by atoms with Crippen LogP contribution in [0.1, 0.15) is 62.8 Å². The van der Waals surface area contributed by atoms with Crippen molar-refractivity contribution in [1.29, 1.82) is 0 Å². The summed E-state index contributed by atoms with van der Waals surface area (Å²) >= 11 is 0. The molecule has 0 nitrogen and oxygen atoms in total. The number of fused-ring (bicyclic) bond motifs is 3. The maximum atomic E-state index is 2.41. The summed E-state index contributed by atoms with van der Waals surface area (Å²) in [6, 6.07) is 14.0. The van der Waals surface area contributed by atoms with Crippen molar-refractivity contribution in [3.63, 3.8) is 0 Å². The van der Waals surface area contributed by atoms with Crippen LogP contribution >= 0.6 is 0 Å².